The highest BCUT2D eigenvalue weighted by Gasteiger charge is 2.41. The number of piperidine rings is 2. The lowest BCUT2D eigenvalue weighted by molar-refractivity contribution is -0.137. The van der Waals surface area contributed by atoms with E-state index in [0.29, 0.717) is 12.6 Å². The van der Waals surface area contributed by atoms with Crippen molar-refractivity contribution in [3.8, 4) is 0 Å². The van der Waals surface area contributed by atoms with E-state index in [-0.39, 0.29) is 42.2 Å². The van der Waals surface area contributed by atoms with Gasteiger partial charge >= 0.3 is 0 Å². The van der Waals surface area contributed by atoms with Crippen molar-refractivity contribution in [1.82, 2.24) is 15.5 Å². The number of hydrogen-bond donors (Lipinski definition) is 2. The van der Waals surface area contributed by atoms with Gasteiger partial charge in [0.25, 0.3) is 0 Å². The van der Waals surface area contributed by atoms with Crippen molar-refractivity contribution in [2.75, 3.05) is 33.4 Å². The predicted molar refractivity (Wildman–Crippen MR) is 118 cm³/mol. The van der Waals surface area contributed by atoms with Crippen molar-refractivity contribution in [3.63, 3.8) is 0 Å². The summed E-state index contributed by atoms with van der Waals surface area (Å²) in [5, 5.41) is 6.71. The summed E-state index contributed by atoms with van der Waals surface area (Å²) in [6, 6.07) is 11.4. The van der Waals surface area contributed by atoms with E-state index in [9.17, 15) is 4.79 Å². The number of ether oxygens (including phenoxy) is 1. The number of rotatable bonds is 6. The van der Waals surface area contributed by atoms with Crippen molar-refractivity contribution in [3.05, 3.63) is 35.9 Å². The first-order valence-electron chi connectivity index (χ1n) is 9.91. The molecule has 0 aliphatic carbocycles. The van der Waals surface area contributed by atoms with Crippen molar-refractivity contribution < 1.29 is 9.53 Å². The third-order valence-electron chi connectivity index (χ3n) is 6.04. The Kier molecular flexibility index (Phi) is 10.8. The summed E-state index contributed by atoms with van der Waals surface area (Å²) in [6.07, 6.45) is 3.74. The highest BCUT2D eigenvalue weighted by atomic mass is 35.5. The quantitative estimate of drug-likeness (QED) is 0.726. The van der Waals surface area contributed by atoms with Crippen LogP contribution in [-0.2, 0) is 16.1 Å². The fourth-order valence-corrected chi connectivity index (χ4v) is 4.36. The molecule has 5 nitrogen and oxygen atoms in total. The molecule has 28 heavy (non-hydrogen) atoms. The number of benzene rings is 1. The Morgan fingerprint density at radius 1 is 1.25 bits per heavy atom. The number of halogens is 2. The van der Waals surface area contributed by atoms with E-state index < -0.39 is 0 Å². The minimum absolute atomic E-state index is 0. The van der Waals surface area contributed by atoms with Gasteiger partial charge in [0, 0.05) is 32.3 Å². The van der Waals surface area contributed by atoms with Gasteiger partial charge in [0.15, 0.2) is 0 Å². The van der Waals surface area contributed by atoms with Gasteiger partial charge in [-0.3, -0.25) is 9.69 Å². The van der Waals surface area contributed by atoms with Gasteiger partial charge < -0.3 is 15.4 Å². The molecule has 0 radical (unpaired) electrons. The normalized spacial score (nSPS) is 24.5. The molecule has 0 saturated carbocycles. The maximum absolute atomic E-state index is 13.0. The lowest BCUT2D eigenvalue weighted by Gasteiger charge is -2.41. The molecule has 0 spiro atoms. The first-order valence-corrected chi connectivity index (χ1v) is 9.91. The average molecular weight is 432 g/mol. The monoisotopic (exact) mass is 431 g/mol. The highest BCUT2D eigenvalue weighted by molar-refractivity contribution is 5.85. The van der Waals surface area contributed by atoms with Crippen LogP contribution >= 0.6 is 24.8 Å². The zero-order chi connectivity index (χ0) is 18.4. The third kappa shape index (κ3) is 6.33. The Morgan fingerprint density at radius 3 is 2.54 bits per heavy atom. The van der Waals surface area contributed by atoms with Crippen LogP contribution in [0.2, 0.25) is 0 Å². The van der Waals surface area contributed by atoms with Crippen LogP contribution < -0.4 is 10.6 Å². The number of carbonyl (C=O) groups is 1. The minimum Gasteiger partial charge on any atom is -0.384 e. The van der Waals surface area contributed by atoms with Crippen molar-refractivity contribution in [2.45, 2.75) is 51.2 Å². The number of carbonyl (C=O) groups excluding carboxylic acids is 1. The minimum atomic E-state index is -0.357. The van der Waals surface area contributed by atoms with Crippen LogP contribution in [-0.4, -0.2) is 56.2 Å². The van der Waals surface area contributed by atoms with E-state index in [4.69, 9.17) is 4.74 Å². The Labute approximate surface area is 181 Å². The molecule has 2 heterocycles. The predicted octanol–water partition coefficient (Wildman–Crippen LogP) is 3.02. The van der Waals surface area contributed by atoms with Crippen LogP contribution in [0.25, 0.3) is 0 Å². The molecule has 1 amide bonds. The van der Waals surface area contributed by atoms with Crippen LogP contribution in [0.5, 0.6) is 0 Å². The van der Waals surface area contributed by atoms with E-state index >= 15 is 0 Å². The molecule has 2 unspecified atom stereocenters. The topological polar surface area (TPSA) is 53.6 Å². The second-order valence-corrected chi connectivity index (χ2v) is 7.96. The number of likely N-dealkylation sites (tertiary alicyclic amines) is 1. The van der Waals surface area contributed by atoms with Gasteiger partial charge in [0.1, 0.15) is 0 Å². The number of nitrogens with one attached hydrogen (secondary N) is 2. The van der Waals surface area contributed by atoms with Gasteiger partial charge in [-0.1, -0.05) is 30.3 Å². The van der Waals surface area contributed by atoms with Gasteiger partial charge in [-0.15, -0.1) is 24.8 Å². The van der Waals surface area contributed by atoms with Crippen molar-refractivity contribution >= 4 is 30.7 Å². The van der Waals surface area contributed by atoms with E-state index in [1.54, 1.807) is 7.11 Å². The largest absolute Gasteiger partial charge is 0.384 e. The van der Waals surface area contributed by atoms with Crippen LogP contribution in [0.15, 0.2) is 30.3 Å². The lowest BCUT2D eigenvalue weighted by atomic mass is 9.78. The average Bonchev–Trinajstić information content (AvgIpc) is 2.66. The molecule has 2 N–H and O–H groups in total. The van der Waals surface area contributed by atoms with Crippen LogP contribution in [0.4, 0.5) is 0 Å². The van der Waals surface area contributed by atoms with Crippen molar-refractivity contribution in [1.29, 1.82) is 0 Å². The van der Waals surface area contributed by atoms with Gasteiger partial charge in [-0.25, -0.2) is 0 Å². The fourth-order valence-electron chi connectivity index (χ4n) is 4.36. The molecule has 7 heteroatoms. The molecule has 3 rings (SSSR count). The number of amides is 1. The van der Waals surface area contributed by atoms with Crippen LogP contribution in [0.3, 0.4) is 0 Å². The zero-order valence-corrected chi connectivity index (χ0v) is 18.6. The van der Waals surface area contributed by atoms with Gasteiger partial charge in [0.05, 0.1) is 12.0 Å². The summed E-state index contributed by atoms with van der Waals surface area (Å²) in [5.41, 5.74) is 1.00. The maximum Gasteiger partial charge on any atom is 0.228 e. The summed E-state index contributed by atoms with van der Waals surface area (Å²) in [6.45, 7) is 6.59. The number of methoxy groups -OCH3 is 1. The second kappa shape index (κ2) is 12.0. The molecule has 160 valence electrons. The SMILES string of the molecule is COCC1(C(=O)NC2CCN(Cc3ccccc3)C(C)C2)CCNCC1.Cl.Cl. The van der Waals surface area contributed by atoms with E-state index in [0.717, 1.165) is 51.9 Å². The standard InChI is InChI=1S/C21H33N3O2.2ClH/c1-17-14-19(8-13-24(17)15-18-6-4-3-5-7-18)23-20(25)21(16-26-2)9-11-22-12-10-21;;/h3-7,17,19,22H,8-16H2,1-2H3,(H,23,25);2*1H. The molecular weight excluding hydrogens is 397 g/mol. The molecule has 0 aromatic heterocycles. The Morgan fingerprint density at radius 2 is 1.93 bits per heavy atom. The van der Waals surface area contributed by atoms with Gasteiger partial charge in [-0.2, -0.15) is 0 Å². The molecule has 2 atom stereocenters. The van der Waals surface area contributed by atoms with Crippen LogP contribution in [0, 0.1) is 5.41 Å². The molecule has 2 aliphatic heterocycles. The molecule has 0 bridgehead atoms. The Bertz CT molecular complexity index is 577. The summed E-state index contributed by atoms with van der Waals surface area (Å²) in [4.78, 5) is 15.5. The first-order chi connectivity index (χ1) is 12.6. The molecule has 2 saturated heterocycles. The van der Waals surface area contributed by atoms with Gasteiger partial charge in [-0.05, 0) is 51.3 Å². The number of hydrogen-bond acceptors (Lipinski definition) is 4. The molecule has 1 aromatic carbocycles. The Hall–Kier alpha value is -0.850. The fraction of sp³-hybridized carbons (Fsp3) is 0.667. The number of nitrogens with zero attached hydrogens (tertiary/aromatic N) is 1. The van der Waals surface area contributed by atoms with E-state index in [1.165, 1.54) is 5.56 Å². The second-order valence-electron chi connectivity index (χ2n) is 7.96. The molecular formula is C21H35Cl2N3O2. The molecule has 2 aliphatic rings. The Balaban J connectivity index is 0.00000196. The summed E-state index contributed by atoms with van der Waals surface area (Å²) in [7, 11) is 1.70. The summed E-state index contributed by atoms with van der Waals surface area (Å²) >= 11 is 0. The summed E-state index contributed by atoms with van der Waals surface area (Å²) < 4.78 is 5.40. The molecule has 1 aromatic rings. The van der Waals surface area contributed by atoms with Crippen LogP contribution in [0.1, 0.15) is 38.2 Å². The van der Waals surface area contributed by atoms with E-state index in [2.05, 4.69) is 52.8 Å². The molecule has 2 fully saturated rings. The third-order valence-corrected chi connectivity index (χ3v) is 6.04. The highest BCUT2D eigenvalue weighted by Crippen LogP contribution is 2.30. The van der Waals surface area contributed by atoms with Crippen molar-refractivity contribution in [2.24, 2.45) is 5.41 Å². The van der Waals surface area contributed by atoms with Gasteiger partial charge in [0.2, 0.25) is 5.91 Å². The lowest BCUT2D eigenvalue weighted by Crippen LogP contribution is -2.55. The smallest absolute Gasteiger partial charge is 0.228 e. The summed E-state index contributed by atoms with van der Waals surface area (Å²) in [5.74, 6) is 0.189. The maximum atomic E-state index is 13.0. The zero-order valence-electron chi connectivity index (χ0n) is 17.0. The first kappa shape index (κ1) is 25.2. The van der Waals surface area contributed by atoms with E-state index in [1.807, 2.05) is 0 Å².